The smallest absolute Gasteiger partial charge is 0.431 e. The minimum Gasteiger partial charge on any atom is -0.431 e. The van der Waals surface area contributed by atoms with Crippen molar-refractivity contribution in [3.8, 4) is 0 Å². The second kappa shape index (κ2) is 8.90. The summed E-state index contributed by atoms with van der Waals surface area (Å²) in [6.07, 6.45) is 4.98. The molecule has 1 fully saturated rings. The molecule has 0 saturated heterocycles. The van der Waals surface area contributed by atoms with E-state index in [-0.39, 0.29) is 6.10 Å². The van der Waals surface area contributed by atoms with Gasteiger partial charge in [0.2, 0.25) is 6.79 Å². The number of hydrogen-bond acceptors (Lipinski definition) is 6. The van der Waals surface area contributed by atoms with Gasteiger partial charge in [0, 0.05) is 18.1 Å². The van der Waals surface area contributed by atoms with E-state index in [0.717, 1.165) is 55.1 Å². The molecule has 0 N–H and O–H groups in total. The number of hydrogen-bond donors (Lipinski definition) is 0. The molecule has 0 aliphatic heterocycles. The van der Waals surface area contributed by atoms with E-state index in [1.165, 1.54) is 4.57 Å². The molecule has 0 spiro atoms. The van der Waals surface area contributed by atoms with Crippen molar-refractivity contribution in [2.24, 2.45) is 0 Å². The number of ether oxygens (including phenoxy) is 3. The fraction of sp³-hybridized carbons (Fsp3) is 0.500. The van der Waals surface area contributed by atoms with Crippen molar-refractivity contribution in [2.75, 3.05) is 27.4 Å². The van der Waals surface area contributed by atoms with Crippen LogP contribution in [0.1, 0.15) is 31.2 Å². The third-order valence-electron chi connectivity index (χ3n) is 4.74. The zero-order valence-electron chi connectivity index (χ0n) is 15.8. The Kier molecular flexibility index (Phi) is 6.34. The second-order valence-electron chi connectivity index (χ2n) is 7.04. The fourth-order valence-electron chi connectivity index (χ4n) is 3.32. The zero-order valence-corrected chi connectivity index (χ0v) is 15.8. The van der Waals surface area contributed by atoms with Gasteiger partial charge in [-0.1, -0.05) is 18.2 Å². The van der Waals surface area contributed by atoms with Gasteiger partial charge in [0.1, 0.15) is 6.10 Å². The predicted molar refractivity (Wildman–Crippen MR) is 101 cm³/mol. The van der Waals surface area contributed by atoms with E-state index in [0.29, 0.717) is 0 Å². The summed E-state index contributed by atoms with van der Waals surface area (Å²) in [5.74, 6) is 0. The molecule has 7 heteroatoms. The molecule has 0 atom stereocenters. The van der Waals surface area contributed by atoms with Crippen molar-refractivity contribution in [3.05, 3.63) is 36.0 Å². The number of nitrogens with zero attached hydrogens (tertiary/aromatic N) is 2. The lowest BCUT2D eigenvalue weighted by molar-refractivity contribution is -0.0281. The number of rotatable bonds is 6. The van der Waals surface area contributed by atoms with Crippen molar-refractivity contribution in [1.29, 1.82) is 0 Å². The lowest BCUT2D eigenvalue weighted by atomic mass is 10.1. The number of aromatic nitrogens is 1. The Balaban J connectivity index is 1.59. The molecular weight excluding hydrogens is 348 g/mol. The van der Waals surface area contributed by atoms with E-state index in [2.05, 4.69) is 4.90 Å². The van der Waals surface area contributed by atoms with Crippen LogP contribution in [0.2, 0.25) is 0 Å². The Bertz CT molecular complexity index is 793. The number of likely N-dealkylation sites (N-methyl/N-ethyl adjacent to an activating group) is 1. The maximum absolute atomic E-state index is 12.4. The van der Waals surface area contributed by atoms with Gasteiger partial charge in [-0.3, -0.25) is 4.57 Å². The van der Waals surface area contributed by atoms with Crippen LogP contribution in [0.4, 0.5) is 9.59 Å². The van der Waals surface area contributed by atoms with Gasteiger partial charge in [-0.05, 0) is 57.8 Å². The SMILES string of the molecule is CN(C)CCc1cn(C(=O)OCOC(=O)OC2CCCC2)c2ccccc12. The summed E-state index contributed by atoms with van der Waals surface area (Å²) < 4.78 is 16.6. The Morgan fingerprint density at radius 2 is 1.89 bits per heavy atom. The first-order chi connectivity index (χ1) is 13.0. The van der Waals surface area contributed by atoms with E-state index in [1.54, 1.807) is 6.20 Å². The first kappa shape index (κ1) is 19.2. The third kappa shape index (κ3) is 5.01. The van der Waals surface area contributed by atoms with Crippen molar-refractivity contribution >= 4 is 23.2 Å². The normalized spacial score (nSPS) is 14.6. The van der Waals surface area contributed by atoms with Gasteiger partial charge >= 0.3 is 12.2 Å². The maximum Gasteiger partial charge on any atom is 0.511 e. The van der Waals surface area contributed by atoms with Gasteiger partial charge in [-0.25, -0.2) is 9.59 Å². The second-order valence-corrected chi connectivity index (χ2v) is 7.04. The highest BCUT2D eigenvalue weighted by molar-refractivity contribution is 5.92. The molecule has 1 aromatic heterocycles. The minimum absolute atomic E-state index is 0.0825. The predicted octanol–water partition coefficient (Wildman–Crippen LogP) is 3.78. The van der Waals surface area contributed by atoms with Gasteiger partial charge in [0.15, 0.2) is 0 Å². The highest BCUT2D eigenvalue weighted by atomic mass is 16.8. The topological polar surface area (TPSA) is 70.0 Å². The molecular formula is C20H26N2O5. The van der Waals surface area contributed by atoms with E-state index in [9.17, 15) is 9.59 Å². The first-order valence-corrected chi connectivity index (χ1v) is 9.29. The molecule has 0 bridgehead atoms. The minimum atomic E-state index is -0.793. The maximum atomic E-state index is 12.4. The average Bonchev–Trinajstić information content (AvgIpc) is 3.27. The molecule has 0 amide bonds. The molecule has 1 aliphatic rings. The van der Waals surface area contributed by atoms with Gasteiger partial charge in [-0.15, -0.1) is 0 Å². The molecule has 7 nitrogen and oxygen atoms in total. The molecule has 3 rings (SSSR count). The largest absolute Gasteiger partial charge is 0.511 e. The molecule has 0 radical (unpaired) electrons. The Morgan fingerprint density at radius 3 is 2.63 bits per heavy atom. The van der Waals surface area contributed by atoms with Crippen LogP contribution >= 0.6 is 0 Å². The van der Waals surface area contributed by atoms with Crippen molar-refractivity contribution in [1.82, 2.24) is 9.47 Å². The Hall–Kier alpha value is -2.54. The van der Waals surface area contributed by atoms with Crippen LogP contribution in [0.25, 0.3) is 10.9 Å². The summed E-state index contributed by atoms with van der Waals surface area (Å²) in [5, 5.41) is 1.01. The van der Waals surface area contributed by atoms with E-state index >= 15 is 0 Å². The van der Waals surface area contributed by atoms with Crippen LogP contribution in [0.3, 0.4) is 0 Å². The lowest BCUT2D eigenvalue weighted by Crippen LogP contribution is -2.20. The van der Waals surface area contributed by atoms with Crippen LogP contribution in [0.15, 0.2) is 30.5 Å². The van der Waals surface area contributed by atoms with Crippen LogP contribution in [0.5, 0.6) is 0 Å². The molecule has 0 unspecified atom stereocenters. The molecule has 2 aromatic rings. The lowest BCUT2D eigenvalue weighted by Gasteiger charge is -2.11. The van der Waals surface area contributed by atoms with Crippen molar-refractivity contribution in [3.63, 3.8) is 0 Å². The summed E-state index contributed by atoms with van der Waals surface area (Å²) in [7, 11) is 4.02. The Labute approximate surface area is 158 Å². The highest BCUT2D eigenvalue weighted by Gasteiger charge is 2.20. The molecule has 27 heavy (non-hydrogen) atoms. The summed E-state index contributed by atoms with van der Waals surface area (Å²) in [6.45, 7) is 0.406. The van der Waals surface area contributed by atoms with Gasteiger partial charge in [-0.2, -0.15) is 0 Å². The first-order valence-electron chi connectivity index (χ1n) is 9.29. The highest BCUT2D eigenvalue weighted by Crippen LogP contribution is 2.23. The standard InChI is InChI=1S/C20H26N2O5/c1-21(2)12-11-15-13-22(18-10-6-5-9-17(15)18)19(23)25-14-26-20(24)27-16-7-3-4-8-16/h5-6,9-10,13,16H,3-4,7-8,11-12,14H2,1-2H3. The fourth-order valence-corrected chi connectivity index (χ4v) is 3.32. The summed E-state index contributed by atoms with van der Waals surface area (Å²) in [6, 6.07) is 7.67. The molecule has 1 saturated carbocycles. The van der Waals surface area contributed by atoms with E-state index < -0.39 is 19.0 Å². The van der Waals surface area contributed by atoms with Gasteiger partial charge < -0.3 is 19.1 Å². The third-order valence-corrected chi connectivity index (χ3v) is 4.74. The molecule has 1 aromatic carbocycles. The van der Waals surface area contributed by atoms with Crippen LogP contribution in [-0.2, 0) is 20.6 Å². The number of para-hydroxylation sites is 1. The zero-order chi connectivity index (χ0) is 19.2. The van der Waals surface area contributed by atoms with E-state index in [1.807, 2.05) is 38.4 Å². The van der Waals surface area contributed by atoms with Crippen LogP contribution in [-0.4, -0.2) is 55.3 Å². The monoisotopic (exact) mass is 374 g/mol. The number of benzene rings is 1. The number of fused-ring (bicyclic) bond motifs is 1. The molecule has 146 valence electrons. The number of carbonyl (C=O) groups excluding carboxylic acids is 2. The average molecular weight is 374 g/mol. The Morgan fingerprint density at radius 1 is 1.15 bits per heavy atom. The summed E-state index contributed by atoms with van der Waals surface area (Å²) >= 11 is 0. The molecule has 1 heterocycles. The van der Waals surface area contributed by atoms with E-state index in [4.69, 9.17) is 14.2 Å². The summed E-state index contributed by atoms with van der Waals surface area (Å²) in [5.41, 5.74) is 1.84. The number of carbonyl (C=O) groups is 2. The van der Waals surface area contributed by atoms with Crippen LogP contribution in [0, 0.1) is 0 Å². The molecule has 1 aliphatic carbocycles. The van der Waals surface area contributed by atoms with Gasteiger partial charge in [0.25, 0.3) is 0 Å². The van der Waals surface area contributed by atoms with Crippen molar-refractivity contribution in [2.45, 2.75) is 38.2 Å². The van der Waals surface area contributed by atoms with Crippen molar-refractivity contribution < 1.29 is 23.8 Å². The van der Waals surface area contributed by atoms with Gasteiger partial charge in [0.05, 0.1) is 5.52 Å². The quantitative estimate of drug-likeness (QED) is 0.566. The van der Waals surface area contributed by atoms with Crippen LogP contribution < -0.4 is 0 Å². The summed E-state index contributed by atoms with van der Waals surface area (Å²) in [4.78, 5) is 26.2.